The minimum absolute atomic E-state index is 0.0309. The molecule has 0 bridgehead atoms. The van der Waals surface area contributed by atoms with Crippen molar-refractivity contribution in [3.63, 3.8) is 0 Å². The fourth-order valence-electron chi connectivity index (χ4n) is 3.46. The number of carbonyl (C=O) groups is 1. The molecule has 1 amide bonds. The van der Waals surface area contributed by atoms with E-state index in [-0.39, 0.29) is 5.91 Å². The van der Waals surface area contributed by atoms with Gasteiger partial charge in [-0.1, -0.05) is 18.2 Å². The Kier molecular flexibility index (Phi) is 6.46. The number of benzene rings is 2. The fourth-order valence-corrected chi connectivity index (χ4v) is 4.13. The van der Waals surface area contributed by atoms with Gasteiger partial charge < -0.3 is 19.3 Å². The molecule has 1 aliphatic rings. The summed E-state index contributed by atoms with van der Waals surface area (Å²) >= 11 is 2.17. The van der Waals surface area contributed by atoms with E-state index in [1.807, 2.05) is 19.2 Å². The second kappa shape index (κ2) is 8.82. The Balaban J connectivity index is 1.83. The highest BCUT2D eigenvalue weighted by molar-refractivity contribution is 14.1. The Bertz CT molecular complexity index is 819. The number of hydrogen-bond acceptors (Lipinski definition) is 4. The van der Waals surface area contributed by atoms with Crippen molar-refractivity contribution in [3.05, 3.63) is 51.1 Å². The molecule has 1 aliphatic heterocycles. The van der Waals surface area contributed by atoms with Crippen LogP contribution >= 0.6 is 22.6 Å². The van der Waals surface area contributed by atoms with E-state index >= 15 is 0 Å². The lowest BCUT2D eigenvalue weighted by molar-refractivity contribution is 0.0784. The molecule has 3 rings (SSSR count). The Hall–Kier alpha value is -1.96. The van der Waals surface area contributed by atoms with Gasteiger partial charge in [0.15, 0.2) is 11.5 Å². The summed E-state index contributed by atoms with van der Waals surface area (Å²) in [4.78, 5) is 17.3. The first-order valence-electron chi connectivity index (χ1n) is 9.05. The summed E-state index contributed by atoms with van der Waals surface area (Å²) in [7, 11) is 5.02. The number of nitrogens with zero attached hydrogens (tertiary/aromatic N) is 2. The summed E-state index contributed by atoms with van der Waals surface area (Å²) in [5, 5.41) is 0. The van der Waals surface area contributed by atoms with Crippen LogP contribution < -0.4 is 14.4 Å². The first-order chi connectivity index (χ1) is 13.0. The lowest BCUT2D eigenvalue weighted by Crippen LogP contribution is -2.28. The van der Waals surface area contributed by atoms with Gasteiger partial charge in [-0.25, -0.2) is 0 Å². The average molecular weight is 480 g/mol. The van der Waals surface area contributed by atoms with Crippen molar-refractivity contribution in [3.8, 4) is 11.5 Å². The van der Waals surface area contributed by atoms with E-state index < -0.39 is 0 Å². The molecule has 0 aromatic heterocycles. The quantitative estimate of drug-likeness (QED) is 0.582. The molecule has 0 atom stereocenters. The highest BCUT2D eigenvalue weighted by Gasteiger charge is 2.21. The van der Waals surface area contributed by atoms with Crippen molar-refractivity contribution in [2.75, 3.05) is 39.3 Å². The van der Waals surface area contributed by atoms with E-state index in [4.69, 9.17) is 9.47 Å². The fraction of sp³-hybridized carbons (Fsp3) is 0.381. The monoisotopic (exact) mass is 480 g/mol. The first-order valence-corrected chi connectivity index (χ1v) is 10.1. The number of carbonyl (C=O) groups excluding carboxylic acids is 1. The minimum atomic E-state index is -0.0309. The number of amides is 1. The van der Waals surface area contributed by atoms with Crippen LogP contribution in [-0.2, 0) is 6.54 Å². The van der Waals surface area contributed by atoms with E-state index in [9.17, 15) is 4.79 Å². The number of rotatable bonds is 6. The minimum Gasteiger partial charge on any atom is -0.493 e. The van der Waals surface area contributed by atoms with Crippen molar-refractivity contribution < 1.29 is 14.3 Å². The van der Waals surface area contributed by atoms with Crippen LogP contribution in [0.25, 0.3) is 0 Å². The van der Waals surface area contributed by atoms with Gasteiger partial charge in [-0.2, -0.15) is 0 Å². The SMILES string of the molecule is COc1cc(I)c(C(=O)N(C)Cc2ccccc2N2CCCC2)cc1OC. The topological polar surface area (TPSA) is 42.0 Å². The van der Waals surface area contributed by atoms with Gasteiger partial charge in [0.25, 0.3) is 5.91 Å². The van der Waals surface area contributed by atoms with E-state index in [0.29, 0.717) is 23.6 Å². The molecule has 0 unspecified atom stereocenters. The summed E-state index contributed by atoms with van der Waals surface area (Å²) in [6.45, 7) is 2.74. The number of para-hydroxylation sites is 1. The Morgan fingerprint density at radius 3 is 2.41 bits per heavy atom. The summed E-state index contributed by atoms with van der Waals surface area (Å²) in [5.41, 5.74) is 3.02. The van der Waals surface area contributed by atoms with E-state index in [1.54, 1.807) is 25.2 Å². The van der Waals surface area contributed by atoms with E-state index in [0.717, 1.165) is 16.7 Å². The van der Waals surface area contributed by atoms with Crippen LogP contribution in [0.15, 0.2) is 36.4 Å². The second-order valence-corrected chi connectivity index (χ2v) is 7.83. The Morgan fingerprint density at radius 2 is 1.74 bits per heavy atom. The third kappa shape index (κ3) is 4.31. The molecular weight excluding hydrogens is 455 g/mol. The zero-order valence-electron chi connectivity index (χ0n) is 16.0. The smallest absolute Gasteiger partial charge is 0.255 e. The number of anilines is 1. The summed E-state index contributed by atoms with van der Waals surface area (Å²) < 4.78 is 11.5. The van der Waals surface area contributed by atoms with Crippen molar-refractivity contribution in [2.24, 2.45) is 0 Å². The number of hydrogen-bond donors (Lipinski definition) is 0. The summed E-state index contributed by atoms with van der Waals surface area (Å²) in [6.07, 6.45) is 2.46. The molecular formula is C21H25IN2O3. The van der Waals surface area contributed by atoms with Crippen LogP contribution in [0.3, 0.4) is 0 Å². The Labute approximate surface area is 174 Å². The maximum atomic E-state index is 13.1. The van der Waals surface area contributed by atoms with Crippen LogP contribution in [-0.4, -0.2) is 45.2 Å². The predicted octanol–water partition coefficient (Wildman–Crippen LogP) is 4.18. The highest BCUT2D eigenvalue weighted by Crippen LogP contribution is 2.32. The second-order valence-electron chi connectivity index (χ2n) is 6.67. The van der Waals surface area contributed by atoms with Crippen LogP contribution in [0.2, 0.25) is 0 Å². The largest absolute Gasteiger partial charge is 0.493 e. The molecule has 0 radical (unpaired) electrons. The number of halogens is 1. The van der Waals surface area contributed by atoms with Crippen LogP contribution in [0.5, 0.6) is 11.5 Å². The predicted molar refractivity (Wildman–Crippen MR) is 116 cm³/mol. The average Bonchev–Trinajstić information content (AvgIpc) is 3.22. The lowest BCUT2D eigenvalue weighted by atomic mass is 10.1. The molecule has 1 fully saturated rings. The molecule has 5 nitrogen and oxygen atoms in total. The molecule has 1 saturated heterocycles. The van der Waals surface area contributed by atoms with Crippen molar-refractivity contribution in [1.82, 2.24) is 4.90 Å². The zero-order valence-corrected chi connectivity index (χ0v) is 18.2. The van der Waals surface area contributed by atoms with Crippen LogP contribution in [0.4, 0.5) is 5.69 Å². The Morgan fingerprint density at radius 1 is 1.11 bits per heavy atom. The number of ether oxygens (including phenoxy) is 2. The summed E-state index contributed by atoms with van der Waals surface area (Å²) in [6, 6.07) is 11.9. The first kappa shape index (κ1) is 19.8. The van der Waals surface area contributed by atoms with Gasteiger partial charge in [0.05, 0.1) is 19.8 Å². The molecule has 144 valence electrons. The van der Waals surface area contributed by atoms with Gasteiger partial charge in [-0.3, -0.25) is 4.79 Å². The third-order valence-corrected chi connectivity index (χ3v) is 5.79. The molecule has 2 aromatic rings. The molecule has 0 saturated carbocycles. The molecule has 0 spiro atoms. The summed E-state index contributed by atoms with van der Waals surface area (Å²) in [5.74, 6) is 1.16. The molecule has 0 aliphatic carbocycles. The van der Waals surface area contributed by atoms with Gasteiger partial charge in [0.2, 0.25) is 0 Å². The van der Waals surface area contributed by atoms with E-state index in [1.165, 1.54) is 24.1 Å². The molecule has 2 aromatic carbocycles. The van der Waals surface area contributed by atoms with Crippen molar-refractivity contribution >= 4 is 34.2 Å². The van der Waals surface area contributed by atoms with Gasteiger partial charge >= 0.3 is 0 Å². The molecule has 27 heavy (non-hydrogen) atoms. The van der Waals surface area contributed by atoms with Gasteiger partial charge in [-0.05, 0) is 59.2 Å². The van der Waals surface area contributed by atoms with E-state index in [2.05, 4.69) is 45.7 Å². The molecule has 6 heteroatoms. The van der Waals surface area contributed by atoms with Gasteiger partial charge in [-0.15, -0.1) is 0 Å². The zero-order chi connectivity index (χ0) is 19.4. The maximum Gasteiger partial charge on any atom is 0.255 e. The maximum absolute atomic E-state index is 13.1. The van der Waals surface area contributed by atoms with Gasteiger partial charge in [0.1, 0.15) is 0 Å². The highest BCUT2D eigenvalue weighted by atomic mass is 127. The standard InChI is InChI=1S/C21H25IN2O3/c1-23(14-15-8-4-5-9-18(15)24-10-6-7-11-24)21(25)16-12-19(26-2)20(27-3)13-17(16)22/h4-5,8-9,12-13H,6-7,10-11,14H2,1-3H3. The van der Waals surface area contributed by atoms with Crippen LogP contribution in [0, 0.1) is 3.57 Å². The van der Waals surface area contributed by atoms with Crippen LogP contribution in [0.1, 0.15) is 28.8 Å². The molecule has 1 heterocycles. The van der Waals surface area contributed by atoms with Crippen molar-refractivity contribution in [1.29, 1.82) is 0 Å². The lowest BCUT2D eigenvalue weighted by Gasteiger charge is -2.25. The van der Waals surface area contributed by atoms with Gasteiger partial charge in [0, 0.05) is 35.9 Å². The van der Waals surface area contributed by atoms with Crippen molar-refractivity contribution in [2.45, 2.75) is 19.4 Å². The number of methoxy groups -OCH3 is 2. The third-order valence-electron chi connectivity index (χ3n) is 4.90. The molecule has 0 N–H and O–H groups in total. The normalized spacial score (nSPS) is 13.6.